The maximum absolute atomic E-state index is 11.5. The summed E-state index contributed by atoms with van der Waals surface area (Å²) in [6.07, 6.45) is 7.94. The molecule has 1 aromatic rings. The molecule has 1 unspecified atom stereocenters. The minimum atomic E-state index is -0.645. The molecule has 0 saturated heterocycles. The third kappa shape index (κ3) is 3.89. The van der Waals surface area contributed by atoms with E-state index in [1.807, 2.05) is 19.1 Å². The van der Waals surface area contributed by atoms with Gasteiger partial charge in [0.2, 0.25) is 5.91 Å². The second-order valence-electron chi connectivity index (χ2n) is 3.70. The Bertz CT molecular complexity index is 423. The van der Waals surface area contributed by atoms with Gasteiger partial charge in [-0.15, -0.1) is 12.3 Å². The first-order chi connectivity index (χ1) is 8.19. The van der Waals surface area contributed by atoms with Crippen LogP contribution in [0.2, 0.25) is 0 Å². The molecule has 1 atom stereocenters. The van der Waals surface area contributed by atoms with E-state index in [1.54, 1.807) is 6.20 Å². The normalized spacial score (nSPS) is 11.6. The highest BCUT2D eigenvalue weighted by Crippen LogP contribution is 2.05. The predicted octanol–water partition coefficient (Wildman–Crippen LogP) is 0.611. The van der Waals surface area contributed by atoms with Gasteiger partial charge >= 0.3 is 0 Å². The molecular weight excluding hydrogens is 214 g/mol. The largest absolute Gasteiger partial charge is 0.349 e. The van der Waals surface area contributed by atoms with Crippen molar-refractivity contribution in [3.63, 3.8) is 0 Å². The average Bonchev–Trinajstić information content (AvgIpc) is 2.36. The van der Waals surface area contributed by atoms with Gasteiger partial charge in [-0.1, -0.05) is 13.0 Å². The summed E-state index contributed by atoms with van der Waals surface area (Å²) in [7, 11) is 0. The standard InChI is InChI=1S/C13H17N3O/c1-3-6-11(14)13(17)16-9-12-10(4-2)7-5-8-15-12/h1,5,7-8,11H,4,6,9,14H2,2H3,(H,16,17). The lowest BCUT2D eigenvalue weighted by molar-refractivity contribution is -0.122. The zero-order chi connectivity index (χ0) is 12.7. The molecule has 0 spiro atoms. The van der Waals surface area contributed by atoms with Gasteiger partial charge in [-0.2, -0.15) is 0 Å². The minimum Gasteiger partial charge on any atom is -0.349 e. The first kappa shape index (κ1) is 13.2. The summed E-state index contributed by atoms with van der Waals surface area (Å²) in [5.74, 6) is 2.13. The molecule has 1 aromatic heterocycles. The minimum absolute atomic E-state index is 0.240. The number of hydrogen-bond acceptors (Lipinski definition) is 3. The molecule has 3 N–H and O–H groups in total. The van der Waals surface area contributed by atoms with E-state index < -0.39 is 6.04 Å². The number of hydrogen-bond donors (Lipinski definition) is 2. The summed E-state index contributed by atoms with van der Waals surface area (Å²) < 4.78 is 0. The van der Waals surface area contributed by atoms with Crippen LogP contribution >= 0.6 is 0 Å². The Labute approximate surface area is 102 Å². The highest BCUT2D eigenvalue weighted by Gasteiger charge is 2.12. The molecule has 1 amide bonds. The zero-order valence-electron chi connectivity index (χ0n) is 9.94. The van der Waals surface area contributed by atoms with E-state index in [9.17, 15) is 4.79 Å². The van der Waals surface area contributed by atoms with Crippen LogP contribution in [-0.4, -0.2) is 16.9 Å². The van der Waals surface area contributed by atoms with Crippen molar-refractivity contribution in [1.82, 2.24) is 10.3 Å². The molecular formula is C13H17N3O. The van der Waals surface area contributed by atoms with Gasteiger partial charge in [-0.05, 0) is 18.1 Å². The Hall–Kier alpha value is -1.86. The molecule has 0 aromatic carbocycles. The molecule has 17 heavy (non-hydrogen) atoms. The average molecular weight is 231 g/mol. The molecule has 0 fully saturated rings. The molecule has 0 radical (unpaired) electrons. The first-order valence-corrected chi connectivity index (χ1v) is 5.58. The van der Waals surface area contributed by atoms with E-state index in [4.69, 9.17) is 12.2 Å². The molecule has 0 saturated carbocycles. The predicted molar refractivity (Wildman–Crippen MR) is 66.9 cm³/mol. The van der Waals surface area contributed by atoms with Crippen molar-refractivity contribution in [3.8, 4) is 12.3 Å². The van der Waals surface area contributed by atoms with Crippen molar-refractivity contribution in [2.24, 2.45) is 5.73 Å². The fourth-order valence-electron chi connectivity index (χ4n) is 1.47. The van der Waals surface area contributed by atoms with Gasteiger partial charge in [0, 0.05) is 12.6 Å². The lowest BCUT2D eigenvalue weighted by Gasteiger charge is -2.11. The maximum atomic E-state index is 11.5. The van der Waals surface area contributed by atoms with E-state index in [-0.39, 0.29) is 12.3 Å². The van der Waals surface area contributed by atoms with Crippen LogP contribution in [0.1, 0.15) is 24.6 Å². The number of carbonyl (C=O) groups excluding carboxylic acids is 1. The first-order valence-electron chi connectivity index (χ1n) is 5.58. The van der Waals surface area contributed by atoms with Gasteiger partial charge in [-0.3, -0.25) is 9.78 Å². The van der Waals surface area contributed by atoms with Gasteiger partial charge in [0.15, 0.2) is 0 Å². The van der Waals surface area contributed by atoms with E-state index >= 15 is 0 Å². The topological polar surface area (TPSA) is 68.0 Å². The summed E-state index contributed by atoms with van der Waals surface area (Å²) in [5.41, 5.74) is 7.58. The fraction of sp³-hybridized carbons (Fsp3) is 0.385. The molecule has 4 nitrogen and oxygen atoms in total. The van der Waals surface area contributed by atoms with E-state index in [0.717, 1.165) is 17.7 Å². The second-order valence-corrected chi connectivity index (χ2v) is 3.70. The zero-order valence-corrected chi connectivity index (χ0v) is 9.94. The Balaban J connectivity index is 2.56. The third-order valence-electron chi connectivity index (χ3n) is 2.47. The highest BCUT2D eigenvalue weighted by molar-refractivity contribution is 5.81. The fourth-order valence-corrected chi connectivity index (χ4v) is 1.47. The van der Waals surface area contributed by atoms with E-state index in [2.05, 4.69) is 16.2 Å². The lowest BCUT2D eigenvalue weighted by Crippen LogP contribution is -2.40. The Morgan fingerprint density at radius 2 is 2.47 bits per heavy atom. The lowest BCUT2D eigenvalue weighted by atomic mass is 10.1. The molecule has 1 rings (SSSR count). The molecule has 0 aliphatic heterocycles. The Kier molecular flexibility index (Phi) is 5.18. The van der Waals surface area contributed by atoms with E-state index in [0.29, 0.717) is 6.54 Å². The summed E-state index contributed by atoms with van der Waals surface area (Å²) >= 11 is 0. The third-order valence-corrected chi connectivity index (χ3v) is 2.47. The van der Waals surface area contributed by atoms with Gasteiger partial charge < -0.3 is 11.1 Å². The van der Waals surface area contributed by atoms with Gasteiger partial charge in [0.1, 0.15) is 0 Å². The van der Waals surface area contributed by atoms with Crippen LogP contribution in [0.15, 0.2) is 18.3 Å². The maximum Gasteiger partial charge on any atom is 0.238 e. The molecule has 4 heteroatoms. The van der Waals surface area contributed by atoms with Gasteiger partial charge in [0.25, 0.3) is 0 Å². The van der Waals surface area contributed by atoms with E-state index in [1.165, 1.54) is 0 Å². The molecule has 1 heterocycles. The van der Waals surface area contributed by atoms with Crippen LogP contribution in [0, 0.1) is 12.3 Å². The SMILES string of the molecule is C#CCC(N)C(=O)NCc1ncccc1CC. The Morgan fingerprint density at radius 3 is 3.12 bits per heavy atom. The van der Waals surface area contributed by atoms with Crippen LogP contribution in [0.3, 0.4) is 0 Å². The van der Waals surface area contributed by atoms with Gasteiger partial charge in [-0.25, -0.2) is 0 Å². The Morgan fingerprint density at radius 1 is 1.71 bits per heavy atom. The molecule has 0 bridgehead atoms. The van der Waals surface area contributed by atoms with Crippen LogP contribution in [0.4, 0.5) is 0 Å². The highest BCUT2D eigenvalue weighted by atomic mass is 16.2. The number of nitrogens with two attached hydrogens (primary N) is 1. The number of aromatic nitrogens is 1. The number of terminal acetylenes is 1. The second kappa shape index (κ2) is 6.66. The van der Waals surface area contributed by atoms with Crippen molar-refractivity contribution in [2.75, 3.05) is 0 Å². The number of aryl methyl sites for hydroxylation is 1. The molecule has 0 aliphatic carbocycles. The van der Waals surface area contributed by atoms with Crippen molar-refractivity contribution in [3.05, 3.63) is 29.6 Å². The van der Waals surface area contributed by atoms with Crippen LogP contribution in [0.25, 0.3) is 0 Å². The van der Waals surface area contributed by atoms with Crippen molar-refractivity contribution >= 4 is 5.91 Å². The number of carbonyl (C=O) groups is 1. The number of pyridine rings is 1. The number of nitrogens with one attached hydrogen (secondary N) is 1. The summed E-state index contributed by atoms with van der Waals surface area (Å²) in [6.45, 7) is 2.44. The van der Waals surface area contributed by atoms with Crippen molar-refractivity contribution < 1.29 is 4.79 Å². The quantitative estimate of drug-likeness (QED) is 0.730. The van der Waals surface area contributed by atoms with Crippen molar-refractivity contribution in [2.45, 2.75) is 32.4 Å². The number of amides is 1. The number of nitrogens with zero attached hydrogens (tertiary/aromatic N) is 1. The molecule has 0 aliphatic rings. The summed E-state index contributed by atoms with van der Waals surface area (Å²) in [4.78, 5) is 15.8. The van der Waals surface area contributed by atoms with Gasteiger partial charge in [0.05, 0.1) is 18.3 Å². The number of rotatable bonds is 5. The summed E-state index contributed by atoms with van der Waals surface area (Å²) in [5, 5.41) is 2.74. The monoisotopic (exact) mass is 231 g/mol. The molecule has 90 valence electrons. The van der Waals surface area contributed by atoms with Crippen LogP contribution in [-0.2, 0) is 17.8 Å². The summed E-state index contributed by atoms with van der Waals surface area (Å²) in [6, 6.07) is 3.23. The van der Waals surface area contributed by atoms with Crippen molar-refractivity contribution in [1.29, 1.82) is 0 Å². The smallest absolute Gasteiger partial charge is 0.238 e. The van der Waals surface area contributed by atoms with Crippen LogP contribution in [0.5, 0.6) is 0 Å². The van der Waals surface area contributed by atoms with Crippen LogP contribution < -0.4 is 11.1 Å².